The van der Waals surface area contributed by atoms with E-state index in [1.54, 1.807) is 0 Å². The molecule has 0 aromatic heterocycles. The van der Waals surface area contributed by atoms with Gasteiger partial charge in [-0.05, 0) is 38.4 Å². The fourth-order valence-corrected chi connectivity index (χ4v) is 2.83. The van der Waals surface area contributed by atoms with E-state index in [1.807, 2.05) is 0 Å². The predicted molar refractivity (Wildman–Crippen MR) is 79.3 cm³/mol. The van der Waals surface area contributed by atoms with Gasteiger partial charge in [0.1, 0.15) is 0 Å². The van der Waals surface area contributed by atoms with E-state index in [-0.39, 0.29) is 6.61 Å². The predicted octanol–water partition coefficient (Wildman–Crippen LogP) is 1.80. The molecule has 1 aliphatic rings. The van der Waals surface area contributed by atoms with Gasteiger partial charge in [-0.15, -0.1) is 0 Å². The second kappa shape index (κ2) is 6.51. The Kier molecular flexibility index (Phi) is 4.97. The number of aliphatic hydroxyl groups excluding tert-OH is 1. The minimum atomic E-state index is 0.284. The lowest BCUT2D eigenvalue weighted by Gasteiger charge is -2.39. The molecular formula is C16H26N2O. The number of benzene rings is 1. The van der Waals surface area contributed by atoms with Crippen molar-refractivity contribution in [2.45, 2.75) is 32.9 Å². The lowest BCUT2D eigenvalue weighted by molar-refractivity contribution is 0.0742. The summed E-state index contributed by atoms with van der Waals surface area (Å²) in [5, 5.41) is 9.15. The lowest BCUT2D eigenvalue weighted by Crippen LogP contribution is -2.51. The summed E-state index contributed by atoms with van der Waals surface area (Å²) in [5.74, 6) is 0. The monoisotopic (exact) mass is 262 g/mol. The van der Waals surface area contributed by atoms with Crippen LogP contribution in [0.15, 0.2) is 18.2 Å². The van der Waals surface area contributed by atoms with Crippen LogP contribution in [0.4, 0.5) is 0 Å². The summed E-state index contributed by atoms with van der Waals surface area (Å²) in [7, 11) is 2.16. The molecule has 1 saturated heterocycles. The summed E-state index contributed by atoms with van der Waals surface area (Å²) in [6, 6.07) is 7.18. The zero-order valence-electron chi connectivity index (χ0n) is 12.4. The molecule has 1 aliphatic heterocycles. The van der Waals surface area contributed by atoms with Crippen molar-refractivity contribution >= 4 is 0 Å². The van der Waals surface area contributed by atoms with Gasteiger partial charge in [0.25, 0.3) is 0 Å². The number of aryl methyl sites for hydroxylation is 2. The zero-order valence-corrected chi connectivity index (χ0v) is 12.4. The van der Waals surface area contributed by atoms with Gasteiger partial charge in [-0.2, -0.15) is 0 Å². The first-order valence-corrected chi connectivity index (χ1v) is 7.19. The molecule has 0 aliphatic carbocycles. The molecule has 1 N–H and O–H groups in total. The molecule has 0 unspecified atom stereocenters. The van der Waals surface area contributed by atoms with Gasteiger partial charge in [0.05, 0.1) is 0 Å². The van der Waals surface area contributed by atoms with Gasteiger partial charge in [-0.1, -0.05) is 23.8 Å². The smallest absolute Gasteiger partial charge is 0.0446 e. The van der Waals surface area contributed by atoms with Crippen LogP contribution in [-0.2, 0) is 6.54 Å². The quantitative estimate of drug-likeness (QED) is 0.896. The summed E-state index contributed by atoms with van der Waals surface area (Å²) >= 11 is 0. The Morgan fingerprint density at radius 1 is 1.26 bits per heavy atom. The fraction of sp³-hybridized carbons (Fsp3) is 0.625. The molecule has 106 valence electrons. The summed E-state index contributed by atoms with van der Waals surface area (Å²) < 4.78 is 0. The highest BCUT2D eigenvalue weighted by Crippen LogP contribution is 2.17. The third-order valence-electron chi connectivity index (χ3n) is 4.22. The van der Waals surface area contributed by atoms with Gasteiger partial charge in [-0.25, -0.2) is 0 Å². The Labute approximate surface area is 116 Å². The van der Waals surface area contributed by atoms with Crippen molar-refractivity contribution in [2.24, 2.45) is 0 Å². The molecule has 1 aromatic rings. The van der Waals surface area contributed by atoms with Gasteiger partial charge in [0.2, 0.25) is 0 Å². The van der Waals surface area contributed by atoms with Crippen LogP contribution in [0.3, 0.4) is 0 Å². The third kappa shape index (κ3) is 3.78. The Bertz CT molecular complexity index is 419. The van der Waals surface area contributed by atoms with E-state index < -0.39 is 0 Å². The number of hydrogen-bond donors (Lipinski definition) is 1. The Morgan fingerprint density at radius 2 is 2.05 bits per heavy atom. The molecule has 0 radical (unpaired) electrons. The number of likely N-dealkylation sites (N-methyl/N-ethyl adjacent to an activating group) is 1. The first-order valence-electron chi connectivity index (χ1n) is 7.19. The highest BCUT2D eigenvalue weighted by Gasteiger charge is 2.23. The van der Waals surface area contributed by atoms with Gasteiger partial charge in [0, 0.05) is 38.8 Å². The first kappa shape index (κ1) is 14.5. The number of hydrogen-bond acceptors (Lipinski definition) is 3. The topological polar surface area (TPSA) is 26.7 Å². The molecular weight excluding hydrogens is 236 g/mol. The van der Waals surface area contributed by atoms with Gasteiger partial charge < -0.3 is 10.0 Å². The highest BCUT2D eigenvalue weighted by molar-refractivity contribution is 5.30. The van der Waals surface area contributed by atoms with Crippen molar-refractivity contribution < 1.29 is 5.11 Å². The molecule has 1 aromatic carbocycles. The Balaban J connectivity index is 2.01. The molecule has 3 heteroatoms. The minimum absolute atomic E-state index is 0.284. The molecule has 0 bridgehead atoms. The van der Waals surface area contributed by atoms with Crippen molar-refractivity contribution in [2.75, 3.05) is 33.3 Å². The molecule has 0 spiro atoms. The van der Waals surface area contributed by atoms with Crippen LogP contribution in [0.25, 0.3) is 0 Å². The Hall–Kier alpha value is -0.900. The SMILES string of the molecule is Cc1ccc(C)c(CN2CCN(C)[C@@H](CCO)C2)c1. The molecule has 1 heterocycles. The standard InChI is InChI=1S/C16H26N2O/c1-13-4-5-14(2)15(10-13)11-18-8-7-17(3)16(12-18)6-9-19/h4-5,10,16,19H,6-9,11-12H2,1-3H3/t16-/m0/s1. The van der Waals surface area contributed by atoms with E-state index in [1.165, 1.54) is 16.7 Å². The summed E-state index contributed by atoms with van der Waals surface area (Å²) in [6.07, 6.45) is 0.875. The van der Waals surface area contributed by atoms with Crippen LogP contribution in [0, 0.1) is 13.8 Å². The second-order valence-corrected chi connectivity index (χ2v) is 5.81. The number of rotatable bonds is 4. The van der Waals surface area contributed by atoms with Crippen LogP contribution in [0.1, 0.15) is 23.1 Å². The van der Waals surface area contributed by atoms with Crippen LogP contribution >= 0.6 is 0 Å². The van der Waals surface area contributed by atoms with Crippen LogP contribution in [0.2, 0.25) is 0 Å². The van der Waals surface area contributed by atoms with Crippen LogP contribution in [-0.4, -0.2) is 54.2 Å². The highest BCUT2D eigenvalue weighted by atomic mass is 16.3. The van der Waals surface area contributed by atoms with E-state index in [0.29, 0.717) is 6.04 Å². The van der Waals surface area contributed by atoms with Gasteiger partial charge >= 0.3 is 0 Å². The molecule has 1 atom stereocenters. The second-order valence-electron chi connectivity index (χ2n) is 5.81. The molecule has 0 amide bonds. The van der Waals surface area contributed by atoms with E-state index in [9.17, 15) is 0 Å². The summed E-state index contributed by atoms with van der Waals surface area (Å²) in [6.45, 7) is 8.93. The maximum absolute atomic E-state index is 9.15. The van der Waals surface area contributed by atoms with Crippen molar-refractivity contribution in [3.8, 4) is 0 Å². The average Bonchev–Trinajstić information content (AvgIpc) is 2.38. The molecule has 3 nitrogen and oxygen atoms in total. The largest absolute Gasteiger partial charge is 0.396 e. The fourth-order valence-electron chi connectivity index (χ4n) is 2.83. The van der Waals surface area contributed by atoms with Crippen molar-refractivity contribution in [3.63, 3.8) is 0 Å². The maximum atomic E-state index is 9.15. The number of nitrogens with zero attached hydrogens (tertiary/aromatic N) is 2. The average molecular weight is 262 g/mol. The normalized spacial score (nSPS) is 21.8. The molecule has 2 rings (SSSR count). The van der Waals surface area contributed by atoms with E-state index in [2.05, 4.69) is 48.9 Å². The third-order valence-corrected chi connectivity index (χ3v) is 4.22. The Morgan fingerprint density at radius 3 is 2.79 bits per heavy atom. The minimum Gasteiger partial charge on any atom is -0.396 e. The molecule has 1 fully saturated rings. The van der Waals surface area contributed by atoms with Crippen molar-refractivity contribution in [1.82, 2.24) is 9.80 Å². The van der Waals surface area contributed by atoms with Crippen molar-refractivity contribution in [1.29, 1.82) is 0 Å². The summed E-state index contributed by atoms with van der Waals surface area (Å²) in [4.78, 5) is 4.89. The van der Waals surface area contributed by atoms with E-state index in [0.717, 1.165) is 32.6 Å². The lowest BCUT2D eigenvalue weighted by atomic mass is 10.0. The van der Waals surface area contributed by atoms with Crippen LogP contribution < -0.4 is 0 Å². The van der Waals surface area contributed by atoms with Gasteiger partial charge in [0.15, 0.2) is 0 Å². The van der Waals surface area contributed by atoms with E-state index in [4.69, 9.17) is 5.11 Å². The first-order chi connectivity index (χ1) is 9.10. The summed E-state index contributed by atoms with van der Waals surface area (Å²) in [5.41, 5.74) is 4.15. The molecule has 19 heavy (non-hydrogen) atoms. The number of aliphatic hydroxyl groups is 1. The van der Waals surface area contributed by atoms with E-state index >= 15 is 0 Å². The van der Waals surface area contributed by atoms with Gasteiger partial charge in [-0.3, -0.25) is 4.90 Å². The van der Waals surface area contributed by atoms with Crippen molar-refractivity contribution in [3.05, 3.63) is 34.9 Å². The number of piperazine rings is 1. The van der Waals surface area contributed by atoms with Crippen LogP contribution in [0.5, 0.6) is 0 Å². The zero-order chi connectivity index (χ0) is 13.8. The molecule has 0 saturated carbocycles. The maximum Gasteiger partial charge on any atom is 0.0446 e.